The molecule has 0 spiro atoms. The third kappa shape index (κ3) is 6.39. The van der Waals surface area contributed by atoms with Gasteiger partial charge in [0.1, 0.15) is 12.4 Å². The van der Waals surface area contributed by atoms with Crippen molar-refractivity contribution in [2.24, 2.45) is 5.10 Å². The fourth-order valence-corrected chi connectivity index (χ4v) is 2.03. The second-order valence-electron chi connectivity index (χ2n) is 5.83. The summed E-state index contributed by atoms with van der Waals surface area (Å²) in [6, 6.07) is 17.1. The molecular formula is C20H23N3O3. The average molecular weight is 353 g/mol. The highest BCUT2D eigenvalue weighted by Crippen LogP contribution is 2.14. The predicted molar refractivity (Wildman–Crippen MR) is 101 cm³/mol. The number of carbonyl (C=O) groups excluding carboxylic acids is 2. The highest BCUT2D eigenvalue weighted by molar-refractivity contribution is 6.35. The quantitative estimate of drug-likeness (QED) is 0.456. The maximum absolute atomic E-state index is 11.6. The fourth-order valence-electron chi connectivity index (χ4n) is 2.03. The molecule has 6 heteroatoms. The Balaban J connectivity index is 1.86. The van der Waals surface area contributed by atoms with E-state index in [0.717, 1.165) is 17.5 Å². The van der Waals surface area contributed by atoms with Crippen molar-refractivity contribution in [2.75, 3.05) is 0 Å². The van der Waals surface area contributed by atoms with Crippen LogP contribution in [0.2, 0.25) is 0 Å². The van der Waals surface area contributed by atoms with E-state index in [9.17, 15) is 9.59 Å². The smallest absolute Gasteiger partial charge is 0.329 e. The summed E-state index contributed by atoms with van der Waals surface area (Å²) in [7, 11) is 0. The zero-order valence-electron chi connectivity index (χ0n) is 14.9. The molecule has 0 heterocycles. The molecule has 6 nitrogen and oxygen atoms in total. The fraction of sp³-hybridized carbons (Fsp3) is 0.250. The molecule has 2 amide bonds. The van der Waals surface area contributed by atoms with Crippen LogP contribution in [0, 0.1) is 0 Å². The molecule has 26 heavy (non-hydrogen) atoms. The van der Waals surface area contributed by atoms with Gasteiger partial charge in [-0.05, 0) is 36.6 Å². The van der Waals surface area contributed by atoms with Gasteiger partial charge in [-0.1, -0.05) is 49.4 Å². The third-order valence-corrected chi connectivity index (χ3v) is 3.68. The number of hydrogen-bond donors (Lipinski definition) is 2. The molecule has 1 atom stereocenters. The Labute approximate surface area is 153 Å². The monoisotopic (exact) mass is 353 g/mol. The van der Waals surface area contributed by atoms with Crippen molar-refractivity contribution >= 4 is 18.0 Å². The summed E-state index contributed by atoms with van der Waals surface area (Å²) in [5.41, 5.74) is 4.04. The lowest BCUT2D eigenvalue weighted by atomic mass is 10.2. The van der Waals surface area contributed by atoms with Gasteiger partial charge in [0.05, 0.1) is 6.21 Å². The lowest BCUT2D eigenvalue weighted by Gasteiger charge is -2.09. The van der Waals surface area contributed by atoms with Gasteiger partial charge in [-0.3, -0.25) is 9.59 Å². The topological polar surface area (TPSA) is 79.8 Å². The number of ether oxygens (including phenoxy) is 1. The van der Waals surface area contributed by atoms with Crippen LogP contribution in [-0.4, -0.2) is 24.1 Å². The second kappa shape index (κ2) is 9.98. The number of carbonyl (C=O) groups is 2. The van der Waals surface area contributed by atoms with Gasteiger partial charge in [-0.2, -0.15) is 5.10 Å². The SMILES string of the molecule is CCC(C)NC(=O)C(=O)N/N=C/c1cccc(OCc2ccccc2)c1. The first kappa shape index (κ1) is 19.2. The van der Waals surface area contributed by atoms with Crippen molar-refractivity contribution in [2.45, 2.75) is 32.9 Å². The first-order valence-corrected chi connectivity index (χ1v) is 8.49. The van der Waals surface area contributed by atoms with Gasteiger partial charge >= 0.3 is 11.8 Å². The molecule has 136 valence electrons. The molecule has 1 unspecified atom stereocenters. The van der Waals surface area contributed by atoms with Gasteiger partial charge in [-0.15, -0.1) is 0 Å². The van der Waals surface area contributed by atoms with Crippen molar-refractivity contribution in [3.05, 3.63) is 65.7 Å². The van der Waals surface area contributed by atoms with Crippen molar-refractivity contribution < 1.29 is 14.3 Å². The Bertz CT molecular complexity index is 760. The van der Waals surface area contributed by atoms with Crippen LogP contribution in [0.15, 0.2) is 59.7 Å². The largest absolute Gasteiger partial charge is 0.489 e. The first-order chi connectivity index (χ1) is 12.6. The van der Waals surface area contributed by atoms with E-state index in [2.05, 4.69) is 15.8 Å². The molecule has 0 aliphatic heterocycles. The summed E-state index contributed by atoms with van der Waals surface area (Å²) in [5.74, 6) is -0.798. The molecule has 0 saturated carbocycles. The predicted octanol–water partition coefficient (Wildman–Crippen LogP) is 2.63. The molecule has 0 aliphatic rings. The molecule has 0 bridgehead atoms. The minimum absolute atomic E-state index is 0.0596. The summed E-state index contributed by atoms with van der Waals surface area (Å²) >= 11 is 0. The van der Waals surface area contributed by atoms with Gasteiger partial charge < -0.3 is 10.1 Å². The molecule has 2 rings (SSSR count). The molecule has 0 fully saturated rings. The van der Waals surface area contributed by atoms with Gasteiger partial charge in [0, 0.05) is 6.04 Å². The number of hydrazone groups is 1. The van der Waals surface area contributed by atoms with Crippen LogP contribution in [0.3, 0.4) is 0 Å². The first-order valence-electron chi connectivity index (χ1n) is 8.49. The zero-order chi connectivity index (χ0) is 18.8. The van der Waals surface area contributed by atoms with Crippen LogP contribution < -0.4 is 15.5 Å². The Morgan fingerprint density at radius 3 is 2.62 bits per heavy atom. The van der Waals surface area contributed by atoms with E-state index in [1.54, 1.807) is 6.07 Å². The Kier molecular flexibility index (Phi) is 7.36. The minimum Gasteiger partial charge on any atom is -0.489 e. The van der Waals surface area contributed by atoms with Gasteiger partial charge in [-0.25, -0.2) is 5.43 Å². The Morgan fingerprint density at radius 2 is 1.88 bits per heavy atom. The van der Waals surface area contributed by atoms with Crippen molar-refractivity contribution in [1.82, 2.24) is 10.7 Å². The molecule has 2 aromatic rings. The molecule has 0 saturated heterocycles. The van der Waals surface area contributed by atoms with Crippen LogP contribution >= 0.6 is 0 Å². The molecular weight excluding hydrogens is 330 g/mol. The minimum atomic E-state index is -0.793. The molecule has 2 aromatic carbocycles. The van der Waals surface area contributed by atoms with Gasteiger partial charge in [0.2, 0.25) is 0 Å². The van der Waals surface area contributed by atoms with Crippen LogP contribution in [0.5, 0.6) is 5.75 Å². The summed E-state index contributed by atoms with van der Waals surface area (Å²) in [6.07, 6.45) is 2.21. The Morgan fingerprint density at radius 1 is 1.12 bits per heavy atom. The maximum atomic E-state index is 11.6. The van der Waals surface area contributed by atoms with Crippen molar-refractivity contribution in [3.63, 3.8) is 0 Å². The molecule has 2 N–H and O–H groups in total. The lowest BCUT2D eigenvalue weighted by molar-refractivity contribution is -0.139. The van der Waals surface area contributed by atoms with Crippen molar-refractivity contribution in [1.29, 1.82) is 0 Å². The highest BCUT2D eigenvalue weighted by atomic mass is 16.5. The van der Waals surface area contributed by atoms with Crippen LogP contribution in [0.25, 0.3) is 0 Å². The van der Waals surface area contributed by atoms with Crippen LogP contribution in [0.1, 0.15) is 31.4 Å². The standard InChI is InChI=1S/C20H23N3O3/c1-3-15(2)22-19(24)20(25)23-21-13-17-10-7-11-18(12-17)26-14-16-8-5-4-6-9-16/h4-13,15H,3,14H2,1-2H3,(H,22,24)(H,23,25)/b21-13+. The van der Waals surface area contributed by atoms with E-state index < -0.39 is 11.8 Å². The third-order valence-electron chi connectivity index (χ3n) is 3.68. The Hall–Kier alpha value is -3.15. The van der Waals surface area contributed by atoms with E-state index in [0.29, 0.717) is 12.4 Å². The number of nitrogens with zero attached hydrogens (tertiary/aromatic N) is 1. The van der Waals surface area contributed by atoms with Crippen LogP contribution in [0.4, 0.5) is 0 Å². The summed E-state index contributed by atoms with van der Waals surface area (Å²) in [6.45, 7) is 4.22. The van der Waals surface area contributed by atoms with Crippen molar-refractivity contribution in [3.8, 4) is 5.75 Å². The number of amides is 2. The molecule has 0 aliphatic carbocycles. The maximum Gasteiger partial charge on any atom is 0.329 e. The van der Waals surface area contributed by atoms with Gasteiger partial charge in [0.15, 0.2) is 0 Å². The summed E-state index contributed by atoms with van der Waals surface area (Å²) in [5, 5.41) is 6.39. The average Bonchev–Trinajstić information content (AvgIpc) is 2.67. The number of rotatable bonds is 7. The lowest BCUT2D eigenvalue weighted by Crippen LogP contribution is -2.41. The van der Waals surface area contributed by atoms with E-state index in [1.165, 1.54) is 6.21 Å². The number of nitrogens with one attached hydrogen (secondary N) is 2. The van der Waals surface area contributed by atoms with E-state index in [-0.39, 0.29) is 6.04 Å². The number of hydrogen-bond acceptors (Lipinski definition) is 4. The van der Waals surface area contributed by atoms with E-state index in [1.807, 2.05) is 62.4 Å². The summed E-state index contributed by atoms with van der Waals surface area (Å²) in [4.78, 5) is 23.3. The van der Waals surface area contributed by atoms with Gasteiger partial charge in [0.25, 0.3) is 0 Å². The van der Waals surface area contributed by atoms with E-state index in [4.69, 9.17) is 4.74 Å². The highest BCUT2D eigenvalue weighted by Gasteiger charge is 2.14. The summed E-state index contributed by atoms with van der Waals surface area (Å²) < 4.78 is 5.74. The van der Waals surface area contributed by atoms with E-state index >= 15 is 0 Å². The number of benzene rings is 2. The van der Waals surface area contributed by atoms with Crippen LogP contribution in [-0.2, 0) is 16.2 Å². The second-order valence-corrected chi connectivity index (χ2v) is 5.83. The normalized spacial score (nSPS) is 11.8. The molecule has 0 radical (unpaired) electrons. The molecule has 0 aromatic heterocycles. The zero-order valence-corrected chi connectivity index (χ0v) is 14.9.